The molecule has 0 radical (unpaired) electrons. The zero-order chi connectivity index (χ0) is 13.8. The van der Waals surface area contributed by atoms with Crippen LogP contribution in [0.4, 0.5) is 0 Å². The Labute approximate surface area is 115 Å². The van der Waals surface area contributed by atoms with E-state index in [1.54, 1.807) is 0 Å². The predicted molar refractivity (Wildman–Crippen MR) is 76.7 cm³/mol. The highest BCUT2D eigenvalue weighted by atomic mass is 16.2. The van der Waals surface area contributed by atoms with Crippen LogP contribution < -0.4 is 5.73 Å². The molecule has 0 saturated carbocycles. The van der Waals surface area contributed by atoms with Crippen molar-refractivity contribution in [2.24, 2.45) is 5.73 Å². The van der Waals surface area contributed by atoms with Gasteiger partial charge in [-0.3, -0.25) is 9.69 Å². The Morgan fingerprint density at radius 1 is 1.47 bits per heavy atom. The van der Waals surface area contributed by atoms with E-state index in [9.17, 15) is 4.79 Å². The minimum absolute atomic E-state index is 0.132. The first-order chi connectivity index (χ1) is 9.13. The molecule has 0 spiro atoms. The van der Waals surface area contributed by atoms with E-state index in [2.05, 4.69) is 11.8 Å². The minimum atomic E-state index is -0.198. The predicted octanol–water partition coefficient (Wildman–Crippen LogP) is 1.24. The van der Waals surface area contributed by atoms with Crippen molar-refractivity contribution in [1.82, 2.24) is 9.80 Å². The normalized spacial score (nSPS) is 20.8. The number of rotatable bonds is 4. The number of nitrogens with two attached hydrogens (primary N) is 1. The average Bonchev–Trinajstić information content (AvgIpc) is 2.86. The molecule has 0 unspecified atom stereocenters. The Kier molecular flexibility index (Phi) is 4.56. The molecule has 1 fully saturated rings. The maximum atomic E-state index is 12.7. The summed E-state index contributed by atoms with van der Waals surface area (Å²) in [6.45, 7) is 4.37. The number of likely N-dealkylation sites (N-methyl/N-ethyl adjacent to an activating group) is 1. The first-order valence-electron chi connectivity index (χ1n) is 6.93. The highest BCUT2D eigenvalue weighted by Crippen LogP contribution is 2.23. The summed E-state index contributed by atoms with van der Waals surface area (Å²) in [6, 6.07) is 9.91. The van der Waals surface area contributed by atoms with Crippen molar-refractivity contribution < 1.29 is 4.79 Å². The lowest BCUT2D eigenvalue weighted by Gasteiger charge is -2.30. The zero-order valence-corrected chi connectivity index (χ0v) is 11.7. The van der Waals surface area contributed by atoms with Crippen molar-refractivity contribution in [3.8, 4) is 0 Å². The molecule has 0 bridgehead atoms. The van der Waals surface area contributed by atoms with Crippen LogP contribution in [-0.2, 0) is 4.79 Å². The van der Waals surface area contributed by atoms with Gasteiger partial charge in [-0.05, 0) is 25.6 Å². The van der Waals surface area contributed by atoms with Crippen LogP contribution in [0.15, 0.2) is 30.3 Å². The fourth-order valence-corrected chi connectivity index (χ4v) is 2.56. The van der Waals surface area contributed by atoms with Crippen LogP contribution >= 0.6 is 0 Å². The number of carbonyl (C=O) groups is 1. The molecule has 2 N–H and O–H groups in total. The molecule has 19 heavy (non-hydrogen) atoms. The van der Waals surface area contributed by atoms with Gasteiger partial charge in [0.05, 0.1) is 0 Å². The lowest BCUT2D eigenvalue weighted by molar-refractivity contribution is -0.135. The van der Waals surface area contributed by atoms with Crippen LogP contribution in [0.5, 0.6) is 0 Å². The van der Waals surface area contributed by atoms with Gasteiger partial charge in [0.2, 0.25) is 5.91 Å². The average molecular weight is 261 g/mol. The molecule has 1 aliphatic heterocycles. The largest absolute Gasteiger partial charge is 0.339 e. The van der Waals surface area contributed by atoms with E-state index >= 15 is 0 Å². The van der Waals surface area contributed by atoms with Gasteiger partial charge in [-0.15, -0.1) is 0 Å². The third-order valence-electron chi connectivity index (χ3n) is 3.83. The lowest BCUT2D eigenvalue weighted by atomic mass is 10.0. The molecule has 104 valence electrons. The number of amides is 1. The van der Waals surface area contributed by atoms with E-state index in [0.717, 1.165) is 25.1 Å². The van der Waals surface area contributed by atoms with Crippen LogP contribution in [0.2, 0.25) is 0 Å². The summed E-state index contributed by atoms with van der Waals surface area (Å²) in [5.41, 5.74) is 6.96. The van der Waals surface area contributed by atoms with Crippen LogP contribution in [0.1, 0.15) is 24.9 Å². The van der Waals surface area contributed by atoms with Gasteiger partial charge in [-0.1, -0.05) is 37.3 Å². The monoisotopic (exact) mass is 261 g/mol. The fourth-order valence-electron chi connectivity index (χ4n) is 2.56. The summed E-state index contributed by atoms with van der Waals surface area (Å²) in [5, 5.41) is 0. The second kappa shape index (κ2) is 6.17. The first-order valence-corrected chi connectivity index (χ1v) is 6.93. The number of nitrogens with zero attached hydrogens (tertiary/aromatic N) is 2. The topological polar surface area (TPSA) is 49.6 Å². The smallest absolute Gasteiger partial charge is 0.244 e. The number of hydrogen-bond donors (Lipinski definition) is 1. The van der Waals surface area contributed by atoms with Crippen molar-refractivity contribution in [1.29, 1.82) is 0 Å². The van der Waals surface area contributed by atoms with Crippen molar-refractivity contribution in [3.63, 3.8) is 0 Å². The highest BCUT2D eigenvalue weighted by Gasteiger charge is 2.32. The van der Waals surface area contributed by atoms with E-state index in [0.29, 0.717) is 6.54 Å². The first kappa shape index (κ1) is 14.0. The van der Waals surface area contributed by atoms with Crippen molar-refractivity contribution in [2.45, 2.75) is 25.4 Å². The Hall–Kier alpha value is -1.39. The summed E-state index contributed by atoms with van der Waals surface area (Å²) in [5.74, 6) is 0.170. The number of hydrogen-bond acceptors (Lipinski definition) is 3. The van der Waals surface area contributed by atoms with Crippen molar-refractivity contribution in [3.05, 3.63) is 35.9 Å². The Morgan fingerprint density at radius 2 is 2.16 bits per heavy atom. The summed E-state index contributed by atoms with van der Waals surface area (Å²) in [6.07, 6.45) is 0.906. The molecule has 1 amide bonds. The van der Waals surface area contributed by atoms with Gasteiger partial charge in [0, 0.05) is 19.1 Å². The van der Waals surface area contributed by atoms with Crippen LogP contribution in [-0.4, -0.2) is 48.4 Å². The van der Waals surface area contributed by atoms with E-state index < -0.39 is 0 Å². The van der Waals surface area contributed by atoms with Gasteiger partial charge < -0.3 is 10.6 Å². The summed E-state index contributed by atoms with van der Waals surface area (Å²) in [7, 11) is 1.99. The molecule has 1 aromatic carbocycles. The van der Waals surface area contributed by atoms with Gasteiger partial charge in [0.25, 0.3) is 0 Å². The maximum Gasteiger partial charge on any atom is 0.244 e. The molecule has 0 aliphatic carbocycles. The minimum Gasteiger partial charge on any atom is -0.339 e. The second-order valence-electron chi connectivity index (χ2n) is 5.22. The molecule has 1 aromatic rings. The van der Waals surface area contributed by atoms with E-state index in [4.69, 9.17) is 5.73 Å². The van der Waals surface area contributed by atoms with Gasteiger partial charge in [0.1, 0.15) is 6.04 Å². The Balaban J connectivity index is 2.21. The number of benzene rings is 1. The zero-order valence-electron chi connectivity index (χ0n) is 11.7. The molecule has 0 aromatic heterocycles. The van der Waals surface area contributed by atoms with Gasteiger partial charge >= 0.3 is 0 Å². The second-order valence-corrected chi connectivity index (χ2v) is 5.22. The third kappa shape index (κ3) is 3.14. The third-order valence-corrected chi connectivity index (χ3v) is 3.83. The number of carbonyl (C=O) groups excluding carboxylic acids is 1. The van der Waals surface area contributed by atoms with E-state index in [-0.39, 0.29) is 18.0 Å². The Bertz CT molecular complexity index is 421. The van der Waals surface area contributed by atoms with Crippen LogP contribution in [0, 0.1) is 0 Å². The molecule has 4 nitrogen and oxygen atoms in total. The quantitative estimate of drug-likeness (QED) is 0.887. The SMILES string of the molecule is CCN(C)[C@H](C(=O)N1CC[C@@H](N)C1)c1ccccc1. The van der Waals surface area contributed by atoms with Crippen molar-refractivity contribution >= 4 is 5.91 Å². The molecular weight excluding hydrogens is 238 g/mol. The fraction of sp³-hybridized carbons (Fsp3) is 0.533. The maximum absolute atomic E-state index is 12.7. The summed E-state index contributed by atoms with van der Waals surface area (Å²) < 4.78 is 0. The molecule has 1 aliphatic rings. The standard InChI is InChI=1S/C15H23N3O/c1-3-17(2)14(12-7-5-4-6-8-12)15(19)18-10-9-13(16)11-18/h4-8,13-14H,3,9-11,16H2,1-2H3/t13-,14+/m1/s1. The van der Waals surface area contributed by atoms with Gasteiger partial charge in [-0.25, -0.2) is 0 Å². The molecule has 2 atom stereocenters. The molecule has 4 heteroatoms. The lowest BCUT2D eigenvalue weighted by Crippen LogP contribution is -2.41. The van der Waals surface area contributed by atoms with Crippen LogP contribution in [0.25, 0.3) is 0 Å². The summed E-state index contributed by atoms with van der Waals surface area (Å²) >= 11 is 0. The Morgan fingerprint density at radius 3 is 2.68 bits per heavy atom. The van der Waals surface area contributed by atoms with E-state index in [1.807, 2.05) is 42.3 Å². The molecular formula is C15H23N3O. The highest BCUT2D eigenvalue weighted by molar-refractivity contribution is 5.83. The van der Waals surface area contributed by atoms with Crippen LogP contribution in [0.3, 0.4) is 0 Å². The number of likely N-dealkylation sites (tertiary alicyclic amines) is 1. The summed E-state index contributed by atoms with van der Waals surface area (Å²) in [4.78, 5) is 16.7. The van der Waals surface area contributed by atoms with Gasteiger partial charge in [0.15, 0.2) is 0 Å². The van der Waals surface area contributed by atoms with Crippen molar-refractivity contribution in [2.75, 3.05) is 26.7 Å². The molecule has 1 saturated heterocycles. The van der Waals surface area contributed by atoms with Gasteiger partial charge in [-0.2, -0.15) is 0 Å². The van der Waals surface area contributed by atoms with E-state index in [1.165, 1.54) is 0 Å². The molecule has 2 rings (SSSR count). The molecule has 1 heterocycles.